The van der Waals surface area contributed by atoms with E-state index < -0.39 is 6.09 Å². The molecule has 1 spiro atoms. The third kappa shape index (κ3) is 3.17. The number of carbonyl (C=O) groups is 1. The van der Waals surface area contributed by atoms with Crippen molar-refractivity contribution in [3.8, 4) is 17.1 Å². The molecule has 0 aromatic carbocycles. The Morgan fingerprint density at radius 2 is 2.06 bits per heavy atom. The molecule has 0 bridgehead atoms. The molecule has 2 fully saturated rings. The fraction of sp³-hybridized carbons (Fsp3) is 0.409. The number of likely N-dealkylation sites (tertiary alicyclic amines) is 1. The van der Waals surface area contributed by atoms with E-state index in [2.05, 4.69) is 10.1 Å². The van der Waals surface area contributed by atoms with E-state index in [1.165, 1.54) is 17.4 Å². The summed E-state index contributed by atoms with van der Waals surface area (Å²) in [6.07, 6.45) is 6.19. The van der Waals surface area contributed by atoms with Crippen LogP contribution in [-0.2, 0) is 0 Å². The number of aromatic nitrogens is 5. The van der Waals surface area contributed by atoms with E-state index in [-0.39, 0.29) is 17.0 Å². The Labute approximate surface area is 192 Å². The van der Waals surface area contributed by atoms with Crippen molar-refractivity contribution >= 4 is 28.0 Å². The van der Waals surface area contributed by atoms with Crippen LogP contribution >= 0.6 is 11.3 Å². The van der Waals surface area contributed by atoms with Gasteiger partial charge in [0.05, 0.1) is 24.7 Å². The number of hydrogen-bond acceptors (Lipinski definition) is 7. The molecule has 1 amide bonds. The van der Waals surface area contributed by atoms with Crippen LogP contribution in [0, 0.1) is 6.92 Å². The van der Waals surface area contributed by atoms with Gasteiger partial charge >= 0.3 is 6.09 Å². The first kappa shape index (κ1) is 20.2. The van der Waals surface area contributed by atoms with E-state index >= 15 is 0 Å². The molecule has 2 aliphatic rings. The number of nitrogens with zero attached hydrogens (tertiary/aromatic N) is 6. The first-order chi connectivity index (χ1) is 15.9. The number of ether oxygens (including phenoxy) is 1. The maximum atomic E-state index is 12.9. The maximum Gasteiger partial charge on any atom is 0.407 e. The molecule has 0 radical (unpaired) electrons. The van der Waals surface area contributed by atoms with E-state index in [9.17, 15) is 14.7 Å². The topological polar surface area (TPSA) is 114 Å². The number of piperidine rings is 1. The standard InChI is InChI=1S/C22H22N6O4S/c1-12-10-28-19(23-12)16(32-2)7-15(25-28)14-8-18(29)26-11-17(33-20(26)24-14)13-3-6-27(21(30)31)22(9-13)4-5-22/h7-8,10-11,13H,3-6,9H2,1-2H3,(H,30,31)/t13-/m1/s1. The summed E-state index contributed by atoms with van der Waals surface area (Å²) in [5.41, 5.74) is 2.01. The predicted molar refractivity (Wildman–Crippen MR) is 121 cm³/mol. The van der Waals surface area contributed by atoms with Gasteiger partial charge in [-0.2, -0.15) is 5.10 Å². The minimum Gasteiger partial charge on any atom is -0.493 e. The van der Waals surface area contributed by atoms with E-state index in [1.807, 2.05) is 13.1 Å². The Kier molecular flexibility index (Phi) is 4.28. The first-order valence-corrected chi connectivity index (χ1v) is 11.6. The van der Waals surface area contributed by atoms with Crippen LogP contribution in [0.4, 0.5) is 4.79 Å². The third-order valence-corrected chi connectivity index (χ3v) is 7.89. The van der Waals surface area contributed by atoms with Crippen LogP contribution < -0.4 is 10.3 Å². The van der Waals surface area contributed by atoms with E-state index in [0.717, 1.165) is 36.3 Å². The highest BCUT2D eigenvalue weighted by molar-refractivity contribution is 7.17. The number of hydrogen-bond donors (Lipinski definition) is 1. The summed E-state index contributed by atoms with van der Waals surface area (Å²) in [6.45, 7) is 2.40. The van der Waals surface area contributed by atoms with Gasteiger partial charge in [-0.25, -0.2) is 19.3 Å². The Hall–Kier alpha value is -3.47. The Balaban J connectivity index is 1.38. The predicted octanol–water partition coefficient (Wildman–Crippen LogP) is 3.17. The third-order valence-electron chi connectivity index (χ3n) is 6.74. The highest BCUT2D eigenvalue weighted by Gasteiger charge is 2.53. The largest absolute Gasteiger partial charge is 0.493 e. The number of methoxy groups -OCH3 is 1. The highest BCUT2D eigenvalue weighted by atomic mass is 32.1. The van der Waals surface area contributed by atoms with Crippen LogP contribution in [-0.4, -0.2) is 59.3 Å². The first-order valence-electron chi connectivity index (χ1n) is 10.8. The monoisotopic (exact) mass is 466 g/mol. The average molecular weight is 467 g/mol. The zero-order valence-electron chi connectivity index (χ0n) is 18.2. The van der Waals surface area contributed by atoms with Crippen molar-refractivity contribution in [2.75, 3.05) is 13.7 Å². The molecule has 6 rings (SSSR count). The molecule has 5 heterocycles. The molecular weight excluding hydrogens is 444 g/mol. The second-order valence-corrected chi connectivity index (χ2v) is 9.90. The molecule has 4 aromatic rings. The lowest BCUT2D eigenvalue weighted by Crippen LogP contribution is -2.46. The fourth-order valence-electron chi connectivity index (χ4n) is 4.93. The molecule has 1 atom stereocenters. The lowest BCUT2D eigenvalue weighted by molar-refractivity contribution is 0.0913. The van der Waals surface area contributed by atoms with Crippen molar-refractivity contribution < 1.29 is 14.6 Å². The summed E-state index contributed by atoms with van der Waals surface area (Å²) >= 11 is 1.49. The molecule has 0 unspecified atom stereocenters. The number of amides is 1. The molecule has 10 nitrogen and oxygen atoms in total. The van der Waals surface area contributed by atoms with Gasteiger partial charge in [0, 0.05) is 35.3 Å². The summed E-state index contributed by atoms with van der Waals surface area (Å²) in [5.74, 6) is 0.781. The summed E-state index contributed by atoms with van der Waals surface area (Å²) in [6, 6.07) is 3.23. The van der Waals surface area contributed by atoms with Crippen molar-refractivity contribution in [3.63, 3.8) is 0 Å². The van der Waals surface area contributed by atoms with Crippen molar-refractivity contribution in [1.29, 1.82) is 0 Å². The minimum atomic E-state index is -0.835. The van der Waals surface area contributed by atoms with Crippen LogP contribution in [0.25, 0.3) is 22.0 Å². The number of fused-ring (bicyclic) bond motifs is 2. The Bertz CT molecular complexity index is 1480. The number of thiazole rings is 1. The molecule has 1 saturated carbocycles. The molecule has 1 saturated heterocycles. The lowest BCUT2D eigenvalue weighted by atomic mass is 9.88. The number of rotatable bonds is 3. The molecule has 4 aromatic heterocycles. The molecule has 1 aliphatic carbocycles. The molecule has 33 heavy (non-hydrogen) atoms. The molecule has 11 heteroatoms. The zero-order chi connectivity index (χ0) is 22.9. The van der Waals surface area contributed by atoms with E-state index in [1.54, 1.807) is 33.2 Å². The summed E-state index contributed by atoms with van der Waals surface area (Å²) in [5, 5.41) is 14.1. The van der Waals surface area contributed by atoms with Gasteiger partial charge in [0.1, 0.15) is 5.69 Å². The van der Waals surface area contributed by atoms with Crippen molar-refractivity contribution in [2.45, 2.75) is 44.1 Å². The molecule has 170 valence electrons. The lowest BCUT2D eigenvalue weighted by Gasteiger charge is -2.38. The van der Waals surface area contributed by atoms with E-state index in [4.69, 9.17) is 9.72 Å². The van der Waals surface area contributed by atoms with Gasteiger partial charge in [-0.15, -0.1) is 11.3 Å². The summed E-state index contributed by atoms with van der Waals surface area (Å²) < 4.78 is 8.69. The SMILES string of the molecule is COc1cc(-c2cc(=O)n3cc([C@@H]4CCN(C(=O)O)C5(CC5)C4)sc3n2)nn2cc(C)nc12. The normalized spacial score (nSPS) is 19.5. The Morgan fingerprint density at radius 1 is 1.24 bits per heavy atom. The van der Waals surface area contributed by atoms with Gasteiger partial charge in [-0.3, -0.25) is 9.20 Å². The number of carboxylic acid groups (broad SMARTS) is 1. The van der Waals surface area contributed by atoms with Gasteiger partial charge in [-0.1, -0.05) is 0 Å². The van der Waals surface area contributed by atoms with Crippen LogP contribution in [0.5, 0.6) is 5.75 Å². The fourth-order valence-corrected chi connectivity index (χ4v) is 6.05. The molecule has 1 N–H and O–H groups in total. The maximum absolute atomic E-state index is 12.9. The van der Waals surface area contributed by atoms with Crippen molar-refractivity contribution in [3.05, 3.63) is 45.5 Å². The summed E-state index contributed by atoms with van der Waals surface area (Å²) in [7, 11) is 1.57. The van der Waals surface area contributed by atoms with Gasteiger partial charge in [-0.05, 0) is 38.5 Å². The highest BCUT2D eigenvalue weighted by Crippen LogP contribution is 2.53. The average Bonchev–Trinajstić information content (AvgIpc) is 3.22. The van der Waals surface area contributed by atoms with Crippen LogP contribution in [0.1, 0.15) is 42.2 Å². The molecular formula is C22H22N6O4S. The van der Waals surface area contributed by atoms with Crippen molar-refractivity contribution in [1.82, 2.24) is 28.9 Å². The van der Waals surface area contributed by atoms with Crippen LogP contribution in [0.2, 0.25) is 0 Å². The second-order valence-electron chi connectivity index (χ2n) is 8.86. The second kappa shape index (κ2) is 7.01. The number of imidazole rings is 1. The van der Waals surface area contributed by atoms with Gasteiger partial charge < -0.3 is 14.7 Å². The summed E-state index contributed by atoms with van der Waals surface area (Å²) in [4.78, 5) is 37.0. The minimum absolute atomic E-state index is 0.177. The Morgan fingerprint density at radius 3 is 2.79 bits per heavy atom. The van der Waals surface area contributed by atoms with Gasteiger partial charge in [0.2, 0.25) is 0 Å². The van der Waals surface area contributed by atoms with Gasteiger partial charge in [0.25, 0.3) is 5.56 Å². The molecule has 1 aliphatic heterocycles. The van der Waals surface area contributed by atoms with Crippen LogP contribution in [0.15, 0.2) is 29.3 Å². The van der Waals surface area contributed by atoms with Crippen molar-refractivity contribution in [2.24, 2.45) is 0 Å². The quantitative estimate of drug-likeness (QED) is 0.493. The van der Waals surface area contributed by atoms with Gasteiger partial charge in [0.15, 0.2) is 16.4 Å². The van der Waals surface area contributed by atoms with E-state index in [0.29, 0.717) is 34.3 Å². The zero-order valence-corrected chi connectivity index (χ0v) is 19.0. The smallest absolute Gasteiger partial charge is 0.407 e. The number of aryl methyl sites for hydroxylation is 1. The van der Waals surface area contributed by atoms with Crippen LogP contribution in [0.3, 0.4) is 0 Å².